The van der Waals surface area contributed by atoms with Crippen molar-refractivity contribution in [2.24, 2.45) is 5.41 Å². The Balaban J connectivity index is 2.70. The van der Waals surface area contributed by atoms with Gasteiger partial charge in [-0.05, 0) is 46.3 Å². The molecule has 0 aromatic carbocycles. The molecule has 1 aromatic rings. The summed E-state index contributed by atoms with van der Waals surface area (Å²) in [5.41, 5.74) is 0.802. The van der Waals surface area contributed by atoms with Crippen molar-refractivity contribution in [2.45, 2.75) is 31.4 Å². The van der Waals surface area contributed by atoms with Crippen LogP contribution >= 0.6 is 27.3 Å². The molecule has 0 atom stereocenters. The normalized spacial score (nSPS) is 12.9. The molecular weight excluding hydrogens is 350 g/mol. The van der Waals surface area contributed by atoms with Gasteiger partial charge in [-0.2, -0.15) is 0 Å². The summed E-state index contributed by atoms with van der Waals surface area (Å²) in [5.74, 6) is 0. The number of sulfonamides is 1. The molecular formula is C12H20BrNO3S2. The fraction of sp³-hybridized carbons (Fsp3) is 0.667. The third kappa shape index (κ3) is 5.15. The molecule has 1 aromatic heterocycles. The largest absolute Gasteiger partial charge is 0.385 e. The molecule has 7 heteroatoms. The minimum Gasteiger partial charge on any atom is -0.385 e. The van der Waals surface area contributed by atoms with Crippen LogP contribution in [0.15, 0.2) is 14.1 Å². The quantitative estimate of drug-likeness (QED) is 0.802. The number of halogens is 1. The number of nitrogens with one attached hydrogen (secondary N) is 1. The lowest BCUT2D eigenvalue weighted by Gasteiger charge is -2.24. The first-order valence-electron chi connectivity index (χ1n) is 5.92. The number of thiophene rings is 1. The molecule has 0 radical (unpaired) electrons. The van der Waals surface area contributed by atoms with E-state index in [1.54, 1.807) is 13.2 Å². The van der Waals surface area contributed by atoms with Crippen LogP contribution in [0.2, 0.25) is 0 Å². The molecule has 1 heterocycles. The molecule has 0 unspecified atom stereocenters. The fourth-order valence-electron chi connectivity index (χ4n) is 1.39. The standard InChI is InChI=1S/C12H20BrNO3S2/c1-9-7-10(18-11(9)13)19(15,16)14-8-12(2,3)5-6-17-4/h7,14H,5-6,8H2,1-4H3. The monoisotopic (exact) mass is 369 g/mol. The highest BCUT2D eigenvalue weighted by Gasteiger charge is 2.23. The van der Waals surface area contributed by atoms with Crippen LogP contribution in [0.3, 0.4) is 0 Å². The van der Waals surface area contributed by atoms with Crippen LogP contribution in [0, 0.1) is 12.3 Å². The van der Waals surface area contributed by atoms with E-state index in [0.717, 1.165) is 15.8 Å². The number of aryl methyl sites for hydroxylation is 1. The van der Waals surface area contributed by atoms with E-state index in [-0.39, 0.29) is 5.41 Å². The summed E-state index contributed by atoms with van der Waals surface area (Å²) < 4.78 is 33.2. The average Bonchev–Trinajstić information content (AvgIpc) is 2.66. The second-order valence-electron chi connectivity index (χ2n) is 5.25. The molecule has 0 aliphatic rings. The first kappa shape index (κ1) is 17.1. The van der Waals surface area contributed by atoms with Crippen molar-refractivity contribution in [1.29, 1.82) is 0 Å². The van der Waals surface area contributed by atoms with E-state index in [0.29, 0.717) is 17.4 Å². The molecule has 0 spiro atoms. The van der Waals surface area contributed by atoms with E-state index >= 15 is 0 Å². The maximum atomic E-state index is 12.2. The van der Waals surface area contributed by atoms with Crippen molar-refractivity contribution >= 4 is 37.3 Å². The zero-order valence-electron chi connectivity index (χ0n) is 11.6. The maximum absolute atomic E-state index is 12.2. The van der Waals surface area contributed by atoms with E-state index in [9.17, 15) is 8.42 Å². The first-order valence-corrected chi connectivity index (χ1v) is 9.02. The maximum Gasteiger partial charge on any atom is 0.250 e. The summed E-state index contributed by atoms with van der Waals surface area (Å²) in [6.45, 7) is 6.93. The van der Waals surface area contributed by atoms with E-state index < -0.39 is 10.0 Å². The van der Waals surface area contributed by atoms with Crippen molar-refractivity contribution in [2.75, 3.05) is 20.3 Å². The van der Waals surface area contributed by atoms with Gasteiger partial charge in [0.1, 0.15) is 4.21 Å². The summed E-state index contributed by atoms with van der Waals surface area (Å²) in [7, 11) is -1.78. The van der Waals surface area contributed by atoms with Crippen molar-refractivity contribution < 1.29 is 13.2 Å². The fourth-order valence-corrected chi connectivity index (χ4v) is 4.90. The molecule has 4 nitrogen and oxygen atoms in total. The number of ether oxygens (including phenoxy) is 1. The van der Waals surface area contributed by atoms with Gasteiger partial charge in [-0.15, -0.1) is 11.3 Å². The van der Waals surface area contributed by atoms with Gasteiger partial charge in [0.25, 0.3) is 0 Å². The third-order valence-electron chi connectivity index (χ3n) is 2.82. The highest BCUT2D eigenvalue weighted by atomic mass is 79.9. The van der Waals surface area contributed by atoms with Gasteiger partial charge in [-0.25, -0.2) is 13.1 Å². The molecule has 0 fully saturated rings. The molecule has 0 aliphatic carbocycles. The van der Waals surface area contributed by atoms with Crippen molar-refractivity contribution in [3.8, 4) is 0 Å². The summed E-state index contributed by atoms with van der Waals surface area (Å²) in [5, 5.41) is 0. The lowest BCUT2D eigenvalue weighted by molar-refractivity contribution is 0.153. The molecule has 0 saturated heterocycles. The van der Waals surface area contributed by atoms with Crippen molar-refractivity contribution in [3.05, 3.63) is 15.4 Å². The molecule has 1 rings (SSSR count). The lowest BCUT2D eigenvalue weighted by Crippen LogP contribution is -2.34. The van der Waals surface area contributed by atoms with Gasteiger partial charge >= 0.3 is 0 Å². The Morgan fingerprint density at radius 2 is 2.11 bits per heavy atom. The highest BCUT2D eigenvalue weighted by Crippen LogP contribution is 2.30. The van der Waals surface area contributed by atoms with Gasteiger partial charge in [0, 0.05) is 20.3 Å². The van der Waals surface area contributed by atoms with E-state index in [4.69, 9.17) is 4.74 Å². The summed E-state index contributed by atoms with van der Waals surface area (Å²) in [6, 6.07) is 1.68. The lowest BCUT2D eigenvalue weighted by atomic mass is 9.90. The number of hydrogen-bond donors (Lipinski definition) is 1. The van der Waals surface area contributed by atoms with Crippen LogP contribution in [0.5, 0.6) is 0 Å². The van der Waals surface area contributed by atoms with E-state index in [2.05, 4.69) is 20.7 Å². The first-order chi connectivity index (χ1) is 8.68. The molecule has 0 saturated carbocycles. The van der Waals surface area contributed by atoms with E-state index in [1.807, 2.05) is 20.8 Å². The molecule has 0 amide bonds. The summed E-state index contributed by atoms with van der Waals surface area (Å²) in [4.78, 5) is 0. The van der Waals surface area contributed by atoms with Crippen molar-refractivity contribution in [3.63, 3.8) is 0 Å². The van der Waals surface area contributed by atoms with Crippen LogP contribution < -0.4 is 4.72 Å². The molecule has 19 heavy (non-hydrogen) atoms. The summed E-state index contributed by atoms with van der Waals surface area (Å²) >= 11 is 4.57. The predicted molar refractivity (Wildman–Crippen MR) is 82.2 cm³/mol. The zero-order chi connectivity index (χ0) is 14.7. The smallest absolute Gasteiger partial charge is 0.250 e. The Morgan fingerprint density at radius 1 is 1.47 bits per heavy atom. The second kappa shape index (κ2) is 6.67. The van der Waals surface area contributed by atoms with Gasteiger partial charge in [-0.3, -0.25) is 0 Å². The van der Waals surface area contributed by atoms with E-state index in [1.165, 1.54) is 11.3 Å². The number of hydrogen-bond acceptors (Lipinski definition) is 4. The van der Waals surface area contributed by atoms with Gasteiger partial charge in [0.15, 0.2) is 0 Å². The highest BCUT2D eigenvalue weighted by molar-refractivity contribution is 9.11. The third-order valence-corrected chi connectivity index (χ3v) is 6.83. The van der Waals surface area contributed by atoms with Crippen molar-refractivity contribution in [1.82, 2.24) is 4.72 Å². The molecule has 110 valence electrons. The Bertz CT molecular complexity index is 504. The zero-order valence-corrected chi connectivity index (χ0v) is 14.8. The van der Waals surface area contributed by atoms with Crippen LogP contribution in [0.1, 0.15) is 25.8 Å². The van der Waals surface area contributed by atoms with Crippen LogP contribution in [0.4, 0.5) is 0 Å². The Hall–Kier alpha value is 0.0500. The predicted octanol–water partition coefficient (Wildman–Crippen LogP) is 3.16. The van der Waals surface area contributed by atoms with Crippen LogP contribution in [-0.4, -0.2) is 28.7 Å². The number of rotatable bonds is 7. The molecule has 0 aliphatic heterocycles. The Labute approximate surface area is 127 Å². The van der Waals surface area contributed by atoms with Crippen LogP contribution in [-0.2, 0) is 14.8 Å². The molecule has 1 N–H and O–H groups in total. The van der Waals surface area contributed by atoms with Gasteiger partial charge in [0.2, 0.25) is 10.0 Å². The topological polar surface area (TPSA) is 55.4 Å². The van der Waals surface area contributed by atoms with Gasteiger partial charge in [0.05, 0.1) is 3.79 Å². The number of methoxy groups -OCH3 is 1. The van der Waals surface area contributed by atoms with Gasteiger partial charge in [-0.1, -0.05) is 13.8 Å². The summed E-state index contributed by atoms with van der Waals surface area (Å²) in [6.07, 6.45) is 0.805. The minimum absolute atomic E-state index is 0.132. The Morgan fingerprint density at radius 3 is 2.58 bits per heavy atom. The Kier molecular flexibility index (Phi) is 6.00. The van der Waals surface area contributed by atoms with Gasteiger partial charge < -0.3 is 4.74 Å². The average molecular weight is 370 g/mol. The SMILES string of the molecule is COCCC(C)(C)CNS(=O)(=O)c1cc(C)c(Br)s1. The molecule has 0 bridgehead atoms. The second-order valence-corrected chi connectivity index (χ2v) is 9.62. The van der Waals surface area contributed by atoms with Crippen LogP contribution in [0.25, 0.3) is 0 Å². The minimum atomic E-state index is -3.42.